The molecular formula is C8H17NO2. The van der Waals surface area contributed by atoms with E-state index in [4.69, 9.17) is 4.74 Å². The van der Waals surface area contributed by atoms with Crippen molar-refractivity contribution in [3.63, 3.8) is 0 Å². The molecule has 2 unspecified atom stereocenters. The zero-order valence-corrected chi connectivity index (χ0v) is 7.29. The second-order valence-corrected chi connectivity index (χ2v) is 2.96. The number of methoxy groups -OCH3 is 1. The highest BCUT2D eigenvalue weighted by atomic mass is 16.5. The summed E-state index contributed by atoms with van der Waals surface area (Å²) in [4.78, 5) is 2.01. The van der Waals surface area contributed by atoms with Crippen LogP contribution in [0.25, 0.3) is 0 Å². The number of hydrogen-bond donors (Lipinski definition) is 1. The van der Waals surface area contributed by atoms with Crippen molar-refractivity contribution in [3.8, 4) is 0 Å². The zero-order chi connectivity index (χ0) is 8.27. The molecule has 0 amide bonds. The van der Waals surface area contributed by atoms with Gasteiger partial charge in [-0.05, 0) is 19.3 Å². The predicted octanol–water partition coefficient (Wildman–Crippen LogP) is 0.783. The molecule has 1 aliphatic heterocycles. The molecule has 0 radical (unpaired) electrons. The molecule has 2 atom stereocenters. The fourth-order valence-electron chi connectivity index (χ4n) is 1.64. The first-order chi connectivity index (χ1) is 5.29. The molecule has 66 valence electrons. The maximum atomic E-state index is 9.47. The normalized spacial score (nSPS) is 29.2. The lowest BCUT2D eigenvalue weighted by atomic mass is 10.3. The zero-order valence-electron chi connectivity index (χ0n) is 7.29. The first kappa shape index (κ1) is 8.97. The van der Waals surface area contributed by atoms with E-state index in [0.717, 1.165) is 25.8 Å². The van der Waals surface area contributed by atoms with Gasteiger partial charge in [-0.1, -0.05) is 6.92 Å². The second-order valence-electron chi connectivity index (χ2n) is 2.96. The Bertz CT molecular complexity index is 115. The lowest BCUT2D eigenvalue weighted by Gasteiger charge is -2.27. The molecule has 0 aliphatic carbocycles. The summed E-state index contributed by atoms with van der Waals surface area (Å²) >= 11 is 0. The molecule has 3 nitrogen and oxygen atoms in total. The van der Waals surface area contributed by atoms with Crippen molar-refractivity contribution in [1.29, 1.82) is 0 Å². The van der Waals surface area contributed by atoms with Crippen LogP contribution < -0.4 is 0 Å². The van der Waals surface area contributed by atoms with Crippen LogP contribution in [0.5, 0.6) is 0 Å². The van der Waals surface area contributed by atoms with Crippen molar-refractivity contribution in [2.75, 3.05) is 13.7 Å². The van der Waals surface area contributed by atoms with Crippen LogP contribution in [0, 0.1) is 0 Å². The van der Waals surface area contributed by atoms with E-state index < -0.39 is 0 Å². The minimum absolute atomic E-state index is 0.104. The summed E-state index contributed by atoms with van der Waals surface area (Å²) in [5.41, 5.74) is 0. The number of nitrogens with zero attached hydrogens (tertiary/aromatic N) is 1. The lowest BCUT2D eigenvalue weighted by molar-refractivity contribution is -0.0972. The van der Waals surface area contributed by atoms with Gasteiger partial charge in [0, 0.05) is 13.7 Å². The summed E-state index contributed by atoms with van der Waals surface area (Å²) in [6.07, 6.45) is 2.74. The summed E-state index contributed by atoms with van der Waals surface area (Å²) in [5.74, 6) is 0. The number of ether oxygens (including phenoxy) is 1. The number of aliphatic hydroxyl groups excluding tert-OH is 1. The molecule has 0 aromatic carbocycles. The van der Waals surface area contributed by atoms with Crippen molar-refractivity contribution in [2.24, 2.45) is 0 Å². The van der Waals surface area contributed by atoms with Gasteiger partial charge >= 0.3 is 0 Å². The Morgan fingerprint density at radius 3 is 2.82 bits per heavy atom. The molecule has 1 aliphatic rings. The van der Waals surface area contributed by atoms with Gasteiger partial charge < -0.3 is 9.84 Å². The predicted molar refractivity (Wildman–Crippen MR) is 43.0 cm³/mol. The highest BCUT2D eigenvalue weighted by Crippen LogP contribution is 2.19. The summed E-state index contributed by atoms with van der Waals surface area (Å²) in [7, 11) is 1.69. The van der Waals surface area contributed by atoms with Gasteiger partial charge in [-0.2, -0.15) is 0 Å². The fourth-order valence-corrected chi connectivity index (χ4v) is 1.64. The summed E-state index contributed by atoms with van der Waals surface area (Å²) < 4.78 is 5.22. The van der Waals surface area contributed by atoms with Gasteiger partial charge in [0.1, 0.15) is 12.5 Å². The molecular weight excluding hydrogens is 142 g/mol. The van der Waals surface area contributed by atoms with Crippen LogP contribution in [-0.4, -0.2) is 36.1 Å². The van der Waals surface area contributed by atoms with Gasteiger partial charge in [0.05, 0.1) is 0 Å². The van der Waals surface area contributed by atoms with Crippen molar-refractivity contribution in [1.82, 2.24) is 4.90 Å². The standard InChI is InChI=1S/C8H17NO2/c1-3-8(11-2)9-6-4-5-7(9)10/h7-8,10H,3-6H2,1-2H3. The minimum Gasteiger partial charge on any atom is -0.378 e. The molecule has 1 saturated heterocycles. The van der Waals surface area contributed by atoms with Crippen molar-refractivity contribution < 1.29 is 9.84 Å². The smallest absolute Gasteiger partial charge is 0.111 e. The van der Waals surface area contributed by atoms with Gasteiger partial charge in [0.15, 0.2) is 0 Å². The Kier molecular flexibility index (Phi) is 3.30. The van der Waals surface area contributed by atoms with E-state index in [9.17, 15) is 5.11 Å². The monoisotopic (exact) mass is 159 g/mol. The molecule has 1 heterocycles. The summed E-state index contributed by atoms with van der Waals surface area (Å²) in [6, 6.07) is 0. The number of likely N-dealkylation sites (tertiary alicyclic amines) is 1. The molecule has 0 aromatic heterocycles. The van der Waals surface area contributed by atoms with Gasteiger partial charge in [-0.25, -0.2) is 0 Å². The van der Waals surface area contributed by atoms with Gasteiger partial charge in [-0.15, -0.1) is 0 Å². The van der Waals surface area contributed by atoms with Gasteiger partial charge in [-0.3, -0.25) is 4.90 Å². The van der Waals surface area contributed by atoms with Crippen LogP contribution >= 0.6 is 0 Å². The van der Waals surface area contributed by atoms with Crippen LogP contribution in [0.4, 0.5) is 0 Å². The van der Waals surface area contributed by atoms with Gasteiger partial charge in [0.2, 0.25) is 0 Å². The van der Waals surface area contributed by atoms with E-state index in [-0.39, 0.29) is 12.5 Å². The van der Waals surface area contributed by atoms with Crippen molar-refractivity contribution >= 4 is 0 Å². The van der Waals surface area contributed by atoms with Crippen LogP contribution in [0.1, 0.15) is 26.2 Å². The van der Waals surface area contributed by atoms with E-state index >= 15 is 0 Å². The van der Waals surface area contributed by atoms with E-state index in [1.165, 1.54) is 0 Å². The van der Waals surface area contributed by atoms with Crippen LogP contribution in [-0.2, 0) is 4.74 Å². The fraction of sp³-hybridized carbons (Fsp3) is 1.00. The minimum atomic E-state index is -0.278. The van der Waals surface area contributed by atoms with E-state index in [0.29, 0.717) is 0 Å². The van der Waals surface area contributed by atoms with Gasteiger partial charge in [0.25, 0.3) is 0 Å². The maximum Gasteiger partial charge on any atom is 0.111 e. The van der Waals surface area contributed by atoms with E-state index in [2.05, 4.69) is 6.92 Å². The molecule has 1 N–H and O–H groups in total. The summed E-state index contributed by atoms with van der Waals surface area (Å²) in [6.45, 7) is 3.03. The average Bonchev–Trinajstić information content (AvgIpc) is 2.40. The third-order valence-electron chi connectivity index (χ3n) is 2.25. The maximum absolute atomic E-state index is 9.47. The third kappa shape index (κ3) is 1.92. The molecule has 1 fully saturated rings. The molecule has 0 saturated carbocycles. The van der Waals surface area contributed by atoms with E-state index in [1.807, 2.05) is 4.90 Å². The molecule has 0 spiro atoms. The largest absolute Gasteiger partial charge is 0.378 e. The van der Waals surface area contributed by atoms with Crippen LogP contribution in [0.2, 0.25) is 0 Å². The Labute approximate surface area is 68.0 Å². The third-order valence-corrected chi connectivity index (χ3v) is 2.25. The Morgan fingerprint density at radius 1 is 1.73 bits per heavy atom. The summed E-state index contributed by atoms with van der Waals surface area (Å²) in [5, 5.41) is 9.47. The highest BCUT2D eigenvalue weighted by molar-refractivity contribution is 4.72. The second kappa shape index (κ2) is 4.04. The van der Waals surface area contributed by atoms with E-state index in [1.54, 1.807) is 7.11 Å². The van der Waals surface area contributed by atoms with Crippen LogP contribution in [0.15, 0.2) is 0 Å². The lowest BCUT2D eigenvalue weighted by Crippen LogP contribution is -2.39. The topological polar surface area (TPSA) is 32.7 Å². The molecule has 0 aromatic rings. The molecule has 1 rings (SSSR count). The Balaban J connectivity index is 2.43. The number of hydrogen-bond acceptors (Lipinski definition) is 3. The number of aliphatic hydroxyl groups is 1. The van der Waals surface area contributed by atoms with Crippen LogP contribution in [0.3, 0.4) is 0 Å². The highest BCUT2D eigenvalue weighted by Gasteiger charge is 2.27. The van der Waals surface area contributed by atoms with Crippen molar-refractivity contribution in [2.45, 2.75) is 38.6 Å². The molecule has 11 heavy (non-hydrogen) atoms. The number of rotatable bonds is 3. The average molecular weight is 159 g/mol. The first-order valence-corrected chi connectivity index (χ1v) is 4.26. The Hall–Kier alpha value is -0.120. The van der Waals surface area contributed by atoms with Crippen molar-refractivity contribution in [3.05, 3.63) is 0 Å². The molecule has 3 heteroatoms. The first-order valence-electron chi connectivity index (χ1n) is 4.26. The Morgan fingerprint density at radius 2 is 2.45 bits per heavy atom. The quantitative estimate of drug-likeness (QED) is 0.660. The SMILES string of the molecule is CCC(OC)N1CCCC1O. The molecule has 0 bridgehead atoms.